The summed E-state index contributed by atoms with van der Waals surface area (Å²) in [5.41, 5.74) is -0.465. The minimum atomic E-state index is -4.50. The minimum absolute atomic E-state index is 0.228. The number of amides is 4. The lowest BCUT2D eigenvalue weighted by Crippen LogP contribution is -2.57. The van der Waals surface area contributed by atoms with Crippen molar-refractivity contribution in [3.63, 3.8) is 0 Å². The maximum Gasteiger partial charge on any atom is 0.416 e. The first-order valence-electron chi connectivity index (χ1n) is 9.51. The number of urea groups is 1. The molecule has 30 heavy (non-hydrogen) atoms. The Hall–Kier alpha value is -3.36. The maximum atomic E-state index is 13.1. The van der Waals surface area contributed by atoms with E-state index >= 15 is 0 Å². The molecule has 2 aliphatic rings. The van der Waals surface area contributed by atoms with E-state index in [1.165, 1.54) is 29.0 Å². The minimum Gasteiger partial charge on any atom is -0.317 e. The number of alkyl halides is 3. The van der Waals surface area contributed by atoms with E-state index in [9.17, 15) is 27.6 Å². The topological polar surface area (TPSA) is 71.4 Å². The van der Waals surface area contributed by atoms with Gasteiger partial charge in [-0.05, 0) is 49.2 Å². The van der Waals surface area contributed by atoms with Crippen molar-refractivity contribution in [1.82, 2.24) is 14.8 Å². The molecule has 1 saturated carbocycles. The van der Waals surface area contributed by atoms with Gasteiger partial charge in [0.15, 0.2) is 0 Å². The van der Waals surface area contributed by atoms with Crippen molar-refractivity contribution in [1.29, 1.82) is 0 Å². The van der Waals surface area contributed by atoms with Crippen LogP contribution in [0.25, 0.3) is 11.8 Å². The number of nitrogens with one attached hydrogen (secondary N) is 1. The maximum absolute atomic E-state index is 13.1. The summed E-state index contributed by atoms with van der Waals surface area (Å²) in [4.78, 5) is 38.5. The number of aromatic nitrogens is 1. The van der Waals surface area contributed by atoms with Crippen LogP contribution < -0.4 is 5.32 Å². The molecule has 1 aromatic heterocycles. The number of hydrogen-bond donors (Lipinski definition) is 1. The molecule has 0 bridgehead atoms. The van der Waals surface area contributed by atoms with Crippen LogP contribution in [0.3, 0.4) is 0 Å². The molecule has 4 amide bonds. The summed E-state index contributed by atoms with van der Waals surface area (Å²) in [5.74, 6) is -1.51. The van der Waals surface area contributed by atoms with Gasteiger partial charge in [-0.2, -0.15) is 13.2 Å². The second-order valence-electron chi connectivity index (χ2n) is 7.28. The highest BCUT2D eigenvalue weighted by Gasteiger charge is 2.40. The van der Waals surface area contributed by atoms with E-state index in [0.29, 0.717) is 18.5 Å². The fraction of sp³-hybridized carbons (Fsp3) is 0.286. The van der Waals surface area contributed by atoms with Crippen LogP contribution in [-0.4, -0.2) is 33.4 Å². The molecule has 0 unspecified atom stereocenters. The second-order valence-corrected chi connectivity index (χ2v) is 7.28. The Kier molecular flexibility index (Phi) is 4.97. The molecule has 1 aliphatic heterocycles. The summed E-state index contributed by atoms with van der Waals surface area (Å²) < 4.78 is 40.6. The normalized spacial score (nSPS) is 19.6. The van der Waals surface area contributed by atoms with Crippen LogP contribution in [0.1, 0.15) is 36.9 Å². The molecule has 9 heteroatoms. The summed E-state index contributed by atoms with van der Waals surface area (Å²) in [6.07, 6.45) is 1.49. The van der Waals surface area contributed by atoms with E-state index < -0.39 is 29.6 Å². The Morgan fingerprint density at radius 2 is 1.77 bits per heavy atom. The molecule has 1 N–H and O–H groups in total. The Morgan fingerprint density at radius 3 is 2.47 bits per heavy atom. The van der Waals surface area contributed by atoms with Crippen LogP contribution in [0.5, 0.6) is 0 Å². The molecule has 2 heterocycles. The van der Waals surface area contributed by atoms with E-state index in [-0.39, 0.29) is 17.3 Å². The van der Waals surface area contributed by atoms with Gasteiger partial charge < -0.3 is 4.57 Å². The highest BCUT2D eigenvalue weighted by Crippen LogP contribution is 2.31. The van der Waals surface area contributed by atoms with Gasteiger partial charge >= 0.3 is 12.2 Å². The number of carbonyl (C=O) groups is 3. The van der Waals surface area contributed by atoms with Gasteiger partial charge in [0, 0.05) is 23.6 Å². The van der Waals surface area contributed by atoms with Gasteiger partial charge in [-0.1, -0.05) is 18.9 Å². The monoisotopic (exact) mass is 417 g/mol. The van der Waals surface area contributed by atoms with Crippen molar-refractivity contribution < 1.29 is 27.6 Å². The van der Waals surface area contributed by atoms with Crippen LogP contribution in [0, 0.1) is 0 Å². The summed E-state index contributed by atoms with van der Waals surface area (Å²) in [6, 6.07) is 6.91. The number of hydrogen-bond acceptors (Lipinski definition) is 3. The first-order chi connectivity index (χ1) is 14.3. The van der Waals surface area contributed by atoms with Crippen LogP contribution in [0.15, 0.2) is 48.2 Å². The Labute approximate surface area is 170 Å². The van der Waals surface area contributed by atoms with Gasteiger partial charge in [-0.15, -0.1) is 0 Å². The lowest BCUT2D eigenvalue weighted by molar-refractivity contribution is -0.137. The van der Waals surface area contributed by atoms with Gasteiger partial charge in [0.05, 0.1) is 5.56 Å². The van der Waals surface area contributed by atoms with E-state index in [1.54, 1.807) is 12.1 Å². The zero-order valence-electron chi connectivity index (χ0n) is 15.8. The molecular weight excluding hydrogens is 399 g/mol. The molecule has 6 nitrogen and oxygen atoms in total. The average molecular weight is 417 g/mol. The standard InChI is InChI=1S/C21H18F3N3O3/c22-21(23,24)13-5-3-8-15(11-13)26-10-4-9-16(26)12-17-18(28)25-20(30)27(19(17)29)14-6-1-2-7-14/h3-5,8-12,14H,1-2,6-7H2,(H,25,28,30)/b17-12+. The molecular formula is C21H18F3N3O3. The summed E-state index contributed by atoms with van der Waals surface area (Å²) in [6.45, 7) is 0. The van der Waals surface area contributed by atoms with Crippen molar-refractivity contribution in [2.45, 2.75) is 37.9 Å². The fourth-order valence-electron chi connectivity index (χ4n) is 3.89. The molecule has 4 rings (SSSR count). The highest BCUT2D eigenvalue weighted by atomic mass is 19.4. The highest BCUT2D eigenvalue weighted by molar-refractivity contribution is 6.31. The zero-order valence-corrected chi connectivity index (χ0v) is 15.8. The van der Waals surface area contributed by atoms with Gasteiger partial charge in [0.1, 0.15) is 5.57 Å². The molecule has 2 fully saturated rings. The van der Waals surface area contributed by atoms with E-state index in [1.807, 2.05) is 0 Å². The predicted octanol–water partition coefficient (Wildman–Crippen LogP) is 3.90. The third-order valence-corrected chi connectivity index (χ3v) is 5.35. The molecule has 2 aromatic rings. The van der Waals surface area contributed by atoms with Crippen molar-refractivity contribution >= 4 is 23.9 Å². The Bertz CT molecular complexity index is 1050. The number of imide groups is 2. The third-order valence-electron chi connectivity index (χ3n) is 5.35. The summed E-state index contributed by atoms with van der Waals surface area (Å²) in [5, 5.41) is 2.19. The number of barbiturate groups is 1. The molecule has 1 aliphatic carbocycles. The summed E-state index contributed by atoms with van der Waals surface area (Å²) >= 11 is 0. The van der Waals surface area contributed by atoms with Crippen LogP contribution >= 0.6 is 0 Å². The van der Waals surface area contributed by atoms with E-state index in [2.05, 4.69) is 5.32 Å². The fourth-order valence-corrected chi connectivity index (χ4v) is 3.89. The largest absolute Gasteiger partial charge is 0.416 e. The SMILES string of the molecule is O=C1NC(=O)N(C2CCCC2)C(=O)/C1=C/c1cccn1-c1cccc(C(F)(F)F)c1. The number of benzene rings is 1. The summed E-state index contributed by atoms with van der Waals surface area (Å²) in [7, 11) is 0. The third kappa shape index (κ3) is 3.62. The van der Waals surface area contributed by atoms with Gasteiger partial charge in [0.25, 0.3) is 11.8 Å². The van der Waals surface area contributed by atoms with Gasteiger partial charge in [-0.25, -0.2) is 4.79 Å². The average Bonchev–Trinajstić information content (AvgIpc) is 3.36. The smallest absolute Gasteiger partial charge is 0.317 e. The van der Waals surface area contributed by atoms with E-state index in [4.69, 9.17) is 0 Å². The molecule has 156 valence electrons. The Balaban J connectivity index is 1.71. The molecule has 1 aromatic carbocycles. The van der Waals surface area contributed by atoms with Gasteiger partial charge in [0.2, 0.25) is 0 Å². The number of halogens is 3. The second kappa shape index (κ2) is 7.47. The molecule has 0 atom stereocenters. The molecule has 1 saturated heterocycles. The van der Waals surface area contributed by atoms with E-state index in [0.717, 1.165) is 29.9 Å². The van der Waals surface area contributed by atoms with Crippen molar-refractivity contribution in [2.75, 3.05) is 0 Å². The van der Waals surface area contributed by atoms with Crippen molar-refractivity contribution in [3.8, 4) is 5.69 Å². The quantitative estimate of drug-likeness (QED) is 0.608. The lowest BCUT2D eigenvalue weighted by atomic mass is 10.1. The molecule has 0 radical (unpaired) electrons. The predicted molar refractivity (Wildman–Crippen MR) is 101 cm³/mol. The lowest BCUT2D eigenvalue weighted by Gasteiger charge is -2.31. The van der Waals surface area contributed by atoms with Crippen LogP contribution in [-0.2, 0) is 15.8 Å². The number of carbonyl (C=O) groups excluding carboxylic acids is 3. The Morgan fingerprint density at radius 1 is 1.03 bits per heavy atom. The molecule has 0 spiro atoms. The van der Waals surface area contributed by atoms with Crippen LogP contribution in [0.2, 0.25) is 0 Å². The van der Waals surface area contributed by atoms with Crippen molar-refractivity contribution in [2.24, 2.45) is 0 Å². The first-order valence-corrected chi connectivity index (χ1v) is 9.51. The van der Waals surface area contributed by atoms with Crippen molar-refractivity contribution in [3.05, 3.63) is 59.4 Å². The first kappa shape index (κ1) is 19.9. The number of rotatable bonds is 3. The number of nitrogens with zero attached hydrogens (tertiary/aromatic N) is 2. The van der Waals surface area contributed by atoms with Gasteiger partial charge in [-0.3, -0.25) is 19.8 Å². The zero-order chi connectivity index (χ0) is 21.5. The van der Waals surface area contributed by atoms with Crippen LogP contribution in [0.4, 0.5) is 18.0 Å².